The van der Waals surface area contributed by atoms with Gasteiger partial charge in [-0.3, -0.25) is 0 Å². The van der Waals surface area contributed by atoms with Crippen LogP contribution in [0, 0.1) is 5.92 Å². The molecule has 2 aliphatic carbocycles. The first kappa shape index (κ1) is 15.1. The van der Waals surface area contributed by atoms with Crippen molar-refractivity contribution >= 4 is 10.0 Å². The fraction of sp³-hybridized carbons (Fsp3) is 0.733. The Bertz CT molecular complexity index is 577. The minimum absolute atomic E-state index is 0.0756. The van der Waals surface area contributed by atoms with Crippen molar-refractivity contribution in [1.29, 1.82) is 0 Å². The molecule has 1 aromatic heterocycles. The maximum atomic E-state index is 12.5. The van der Waals surface area contributed by atoms with E-state index >= 15 is 0 Å². The number of hydrogen-bond acceptors (Lipinski definition) is 3. The van der Waals surface area contributed by atoms with Gasteiger partial charge >= 0.3 is 0 Å². The van der Waals surface area contributed by atoms with E-state index in [0.717, 1.165) is 25.0 Å². The number of hydrogen-bond donors (Lipinski definition) is 3. The molecule has 3 rings (SSSR count). The lowest BCUT2D eigenvalue weighted by Gasteiger charge is -2.29. The number of rotatable bonds is 6. The van der Waals surface area contributed by atoms with Crippen LogP contribution in [0.25, 0.3) is 0 Å². The van der Waals surface area contributed by atoms with Crippen molar-refractivity contribution in [3.8, 4) is 0 Å². The summed E-state index contributed by atoms with van der Waals surface area (Å²) in [5.41, 5.74) is 0.930. The lowest BCUT2D eigenvalue weighted by atomic mass is 9.87. The van der Waals surface area contributed by atoms with Gasteiger partial charge in [0.15, 0.2) is 0 Å². The molecule has 0 aromatic carbocycles. The van der Waals surface area contributed by atoms with Crippen molar-refractivity contribution in [2.45, 2.75) is 69.0 Å². The molecule has 2 unspecified atom stereocenters. The molecule has 0 radical (unpaired) electrons. The van der Waals surface area contributed by atoms with Gasteiger partial charge < -0.3 is 10.3 Å². The van der Waals surface area contributed by atoms with Crippen molar-refractivity contribution in [3.63, 3.8) is 0 Å². The van der Waals surface area contributed by atoms with Gasteiger partial charge in [-0.15, -0.1) is 0 Å². The van der Waals surface area contributed by atoms with Crippen LogP contribution in [-0.2, 0) is 16.6 Å². The SMILES string of the molecule is CC1CCCCC1NS(=O)(=O)c1c[nH]c(CNC2CC2)c1. The summed E-state index contributed by atoms with van der Waals surface area (Å²) in [5, 5.41) is 3.38. The van der Waals surface area contributed by atoms with Crippen LogP contribution >= 0.6 is 0 Å². The summed E-state index contributed by atoms with van der Waals surface area (Å²) in [6, 6.07) is 2.44. The van der Waals surface area contributed by atoms with Crippen LogP contribution < -0.4 is 10.0 Å². The van der Waals surface area contributed by atoms with Crippen LogP contribution in [0.15, 0.2) is 17.2 Å². The van der Waals surface area contributed by atoms with E-state index in [1.165, 1.54) is 19.3 Å². The molecule has 0 amide bonds. The maximum absolute atomic E-state index is 12.5. The Kier molecular flexibility index (Phi) is 4.38. The van der Waals surface area contributed by atoms with Gasteiger partial charge in [0.25, 0.3) is 0 Å². The molecule has 5 nitrogen and oxygen atoms in total. The first-order valence-corrected chi connectivity index (χ1v) is 9.46. The topological polar surface area (TPSA) is 74.0 Å². The van der Waals surface area contributed by atoms with E-state index in [1.807, 2.05) is 0 Å². The minimum Gasteiger partial charge on any atom is -0.363 e. The largest absolute Gasteiger partial charge is 0.363 e. The van der Waals surface area contributed by atoms with Crippen molar-refractivity contribution in [2.75, 3.05) is 0 Å². The van der Waals surface area contributed by atoms with Gasteiger partial charge in [0.05, 0.1) is 4.90 Å². The molecule has 0 saturated heterocycles. The zero-order valence-electron chi connectivity index (χ0n) is 12.6. The Morgan fingerprint density at radius 3 is 2.71 bits per heavy atom. The standard InChI is InChI=1S/C15H25N3O2S/c1-11-4-2-3-5-15(11)18-21(19,20)14-8-13(17-10-14)9-16-12-6-7-12/h8,10-12,15-18H,2-7,9H2,1H3. The Balaban J connectivity index is 1.63. The first-order chi connectivity index (χ1) is 10.0. The van der Waals surface area contributed by atoms with Crippen LogP contribution in [0.5, 0.6) is 0 Å². The summed E-state index contributed by atoms with van der Waals surface area (Å²) < 4.78 is 27.8. The highest BCUT2D eigenvalue weighted by Gasteiger charge is 2.27. The summed E-state index contributed by atoms with van der Waals surface area (Å²) >= 11 is 0. The lowest BCUT2D eigenvalue weighted by Crippen LogP contribution is -2.40. The van der Waals surface area contributed by atoms with Gasteiger partial charge in [-0.1, -0.05) is 19.8 Å². The number of H-pyrrole nitrogens is 1. The van der Waals surface area contributed by atoms with Gasteiger partial charge in [0.1, 0.15) is 0 Å². The van der Waals surface area contributed by atoms with Crippen molar-refractivity contribution < 1.29 is 8.42 Å². The molecule has 6 heteroatoms. The van der Waals surface area contributed by atoms with Gasteiger partial charge in [-0.25, -0.2) is 13.1 Å². The zero-order valence-corrected chi connectivity index (χ0v) is 13.4. The normalized spacial score (nSPS) is 26.9. The van der Waals surface area contributed by atoms with Crippen LogP contribution in [-0.4, -0.2) is 25.5 Å². The van der Waals surface area contributed by atoms with Crippen LogP contribution in [0.3, 0.4) is 0 Å². The van der Waals surface area contributed by atoms with E-state index in [-0.39, 0.29) is 6.04 Å². The van der Waals surface area contributed by atoms with Crippen LogP contribution in [0.2, 0.25) is 0 Å². The van der Waals surface area contributed by atoms with E-state index in [9.17, 15) is 8.42 Å². The highest BCUT2D eigenvalue weighted by Crippen LogP contribution is 2.25. The lowest BCUT2D eigenvalue weighted by molar-refractivity contribution is 0.310. The summed E-state index contributed by atoms with van der Waals surface area (Å²) in [7, 11) is -3.40. The third kappa shape index (κ3) is 3.87. The first-order valence-electron chi connectivity index (χ1n) is 7.97. The number of aromatic nitrogens is 1. The summed E-state index contributed by atoms with van der Waals surface area (Å²) in [5.74, 6) is 0.420. The number of sulfonamides is 1. The molecule has 1 aromatic rings. The van der Waals surface area contributed by atoms with Crippen molar-refractivity contribution in [3.05, 3.63) is 18.0 Å². The van der Waals surface area contributed by atoms with Gasteiger partial charge in [0.2, 0.25) is 10.0 Å². The molecule has 3 N–H and O–H groups in total. The van der Waals surface area contributed by atoms with E-state index in [0.29, 0.717) is 23.4 Å². The van der Waals surface area contributed by atoms with Crippen LogP contribution in [0.4, 0.5) is 0 Å². The maximum Gasteiger partial charge on any atom is 0.242 e. The molecule has 2 atom stereocenters. The molecule has 0 bridgehead atoms. The summed E-state index contributed by atoms with van der Waals surface area (Å²) in [6.07, 6.45) is 8.43. The van der Waals surface area contributed by atoms with E-state index in [4.69, 9.17) is 0 Å². The van der Waals surface area contributed by atoms with Gasteiger partial charge in [-0.05, 0) is 37.7 Å². The third-order valence-electron chi connectivity index (χ3n) is 4.60. The molecular formula is C15H25N3O2S. The Labute approximate surface area is 127 Å². The highest BCUT2D eigenvalue weighted by molar-refractivity contribution is 7.89. The number of aromatic amines is 1. The molecule has 2 saturated carbocycles. The monoisotopic (exact) mass is 311 g/mol. The molecule has 2 aliphatic rings. The predicted molar refractivity (Wildman–Crippen MR) is 82.4 cm³/mol. The zero-order chi connectivity index (χ0) is 14.9. The number of nitrogens with one attached hydrogen (secondary N) is 3. The average molecular weight is 311 g/mol. The highest BCUT2D eigenvalue weighted by atomic mass is 32.2. The van der Waals surface area contributed by atoms with Crippen molar-refractivity contribution in [1.82, 2.24) is 15.0 Å². The fourth-order valence-corrected chi connectivity index (χ4v) is 4.37. The van der Waals surface area contributed by atoms with Crippen molar-refractivity contribution in [2.24, 2.45) is 5.92 Å². The van der Waals surface area contributed by atoms with E-state index in [2.05, 4.69) is 21.9 Å². The quantitative estimate of drug-likeness (QED) is 0.753. The molecule has 1 heterocycles. The second-order valence-corrected chi connectivity index (χ2v) is 8.22. The summed E-state index contributed by atoms with van der Waals surface area (Å²) in [4.78, 5) is 3.42. The second kappa shape index (κ2) is 6.10. The Morgan fingerprint density at radius 2 is 2.00 bits per heavy atom. The van der Waals surface area contributed by atoms with Gasteiger partial charge in [-0.2, -0.15) is 0 Å². The molecule has 21 heavy (non-hydrogen) atoms. The fourth-order valence-electron chi connectivity index (χ4n) is 2.98. The van der Waals surface area contributed by atoms with E-state index < -0.39 is 10.0 Å². The molecule has 0 aliphatic heterocycles. The van der Waals surface area contributed by atoms with Gasteiger partial charge in [0, 0.05) is 30.5 Å². The Hall–Kier alpha value is -0.850. The molecule has 2 fully saturated rings. The Morgan fingerprint density at radius 1 is 1.24 bits per heavy atom. The smallest absolute Gasteiger partial charge is 0.242 e. The molecule has 0 spiro atoms. The molecular weight excluding hydrogens is 286 g/mol. The summed E-state index contributed by atoms with van der Waals surface area (Å²) in [6.45, 7) is 2.84. The predicted octanol–water partition coefficient (Wildman–Crippen LogP) is 2.12. The van der Waals surface area contributed by atoms with E-state index in [1.54, 1.807) is 12.3 Å². The third-order valence-corrected chi connectivity index (χ3v) is 6.07. The minimum atomic E-state index is -3.40. The van der Waals surface area contributed by atoms with Crippen LogP contribution in [0.1, 0.15) is 51.1 Å². The average Bonchev–Trinajstić information content (AvgIpc) is 3.15. The second-order valence-electron chi connectivity index (χ2n) is 6.51. The molecule has 118 valence electrons.